The SMILES string of the molecule is NC(=Nc1cc(C(F)(F)F)ccc1Cl)C1CC1. The largest absolute Gasteiger partial charge is 0.416 e. The molecule has 2 nitrogen and oxygen atoms in total. The molecule has 17 heavy (non-hydrogen) atoms. The fourth-order valence-corrected chi connectivity index (χ4v) is 1.54. The predicted octanol–water partition coefficient (Wildman–Crippen LogP) is 3.76. The van der Waals surface area contributed by atoms with Crippen molar-refractivity contribution in [2.75, 3.05) is 0 Å². The molecular formula is C11H10ClF3N2. The Labute approximate surface area is 101 Å². The fraction of sp³-hybridized carbons (Fsp3) is 0.364. The highest BCUT2D eigenvalue weighted by Crippen LogP contribution is 2.36. The van der Waals surface area contributed by atoms with Crippen molar-refractivity contribution < 1.29 is 13.2 Å². The molecule has 92 valence electrons. The summed E-state index contributed by atoms with van der Waals surface area (Å²) >= 11 is 5.79. The Kier molecular flexibility index (Phi) is 3.03. The molecule has 0 heterocycles. The first-order valence-corrected chi connectivity index (χ1v) is 5.46. The lowest BCUT2D eigenvalue weighted by Crippen LogP contribution is -2.13. The number of alkyl halides is 3. The molecule has 0 aliphatic heterocycles. The molecule has 0 atom stereocenters. The molecule has 0 amide bonds. The number of hydrogen-bond donors (Lipinski definition) is 1. The first-order valence-electron chi connectivity index (χ1n) is 5.09. The smallest absolute Gasteiger partial charge is 0.387 e. The van der Waals surface area contributed by atoms with Gasteiger partial charge in [0.1, 0.15) is 5.84 Å². The summed E-state index contributed by atoms with van der Waals surface area (Å²) in [5.74, 6) is 0.548. The van der Waals surface area contributed by atoms with E-state index in [9.17, 15) is 13.2 Å². The standard InChI is InChI=1S/C11H10ClF3N2/c12-8-4-3-7(11(13,14)15)5-9(8)17-10(16)6-1-2-6/h3-6H,1-2H2,(H2,16,17). The monoisotopic (exact) mass is 262 g/mol. The second-order valence-corrected chi connectivity index (χ2v) is 4.38. The van der Waals surface area contributed by atoms with Crippen LogP contribution in [-0.4, -0.2) is 5.84 Å². The minimum Gasteiger partial charge on any atom is -0.387 e. The van der Waals surface area contributed by atoms with Crippen LogP contribution in [0.15, 0.2) is 23.2 Å². The highest BCUT2D eigenvalue weighted by Gasteiger charge is 2.31. The van der Waals surface area contributed by atoms with Crippen LogP contribution in [0.2, 0.25) is 5.02 Å². The predicted molar refractivity (Wildman–Crippen MR) is 60.5 cm³/mol. The normalized spacial score (nSPS) is 17.3. The summed E-state index contributed by atoms with van der Waals surface area (Å²) < 4.78 is 37.5. The van der Waals surface area contributed by atoms with Crippen LogP contribution in [0.1, 0.15) is 18.4 Å². The van der Waals surface area contributed by atoms with Gasteiger partial charge in [0.15, 0.2) is 0 Å². The van der Waals surface area contributed by atoms with E-state index in [1.54, 1.807) is 0 Å². The Morgan fingerprint density at radius 3 is 2.53 bits per heavy atom. The number of nitrogens with two attached hydrogens (primary N) is 1. The van der Waals surface area contributed by atoms with Crippen molar-refractivity contribution in [3.05, 3.63) is 28.8 Å². The molecule has 1 aliphatic carbocycles. The third-order valence-electron chi connectivity index (χ3n) is 2.52. The third kappa shape index (κ3) is 2.91. The molecule has 6 heteroatoms. The zero-order valence-corrected chi connectivity index (χ0v) is 9.52. The molecule has 0 bridgehead atoms. The minimum absolute atomic E-state index is 0.0749. The molecule has 0 spiro atoms. The quantitative estimate of drug-likeness (QED) is 0.640. The summed E-state index contributed by atoms with van der Waals surface area (Å²) in [5.41, 5.74) is 4.95. The van der Waals surface area contributed by atoms with Gasteiger partial charge in [0.05, 0.1) is 16.3 Å². The van der Waals surface area contributed by atoms with Crippen LogP contribution in [0.4, 0.5) is 18.9 Å². The van der Waals surface area contributed by atoms with Crippen LogP contribution in [0.3, 0.4) is 0 Å². The summed E-state index contributed by atoms with van der Waals surface area (Å²) in [4.78, 5) is 3.96. The Balaban J connectivity index is 2.35. The van der Waals surface area contributed by atoms with Crippen molar-refractivity contribution in [1.82, 2.24) is 0 Å². The van der Waals surface area contributed by atoms with Gasteiger partial charge in [-0.1, -0.05) is 11.6 Å². The van der Waals surface area contributed by atoms with Crippen molar-refractivity contribution in [3.8, 4) is 0 Å². The molecule has 0 saturated heterocycles. The zero-order chi connectivity index (χ0) is 12.6. The highest BCUT2D eigenvalue weighted by atomic mass is 35.5. The van der Waals surface area contributed by atoms with Crippen molar-refractivity contribution >= 4 is 23.1 Å². The van der Waals surface area contributed by atoms with Crippen LogP contribution >= 0.6 is 11.6 Å². The molecule has 1 saturated carbocycles. The van der Waals surface area contributed by atoms with Gasteiger partial charge < -0.3 is 5.73 Å². The molecule has 2 N–H and O–H groups in total. The molecule has 1 aliphatic rings. The van der Waals surface area contributed by atoms with Gasteiger partial charge in [-0.25, -0.2) is 4.99 Å². The highest BCUT2D eigenvalue weighted by molar-refractivity contribution is 6.33. The summed E-state index contributed by atoms with van der Waals surface area (Å²) in [6, 6.07) is 3.02. The summed E-state index contributed by atoms with van der Waals surface area (Å²) in [6.07, 6.45) is -2.53. The lowest BCUT2D eigenvalue weighted by Gasteiger charge is -2.08. The fourth-order valence-electron chi connectivity index (χ4n) is 1.38. The Morgan fingerprint density at radius 1 is 1.35 bits per heavy atom. The van der Waals surface area contributed by atoms with E-state index in [-0.39, 0.29) is 16.6 Å². The van der Waals surface area contributed by atoms with Crippen molar-refractivity contribution in [2.24, 2.45) is 16.6 Å². The summed E-state index contributed by atoms with van der Waals surface area (Å²) in [7, 11) is 0. The van der Waals surface area contributed by atoms with Gasteiger partial charge in [-0.2, -0.15) is 13.2 Å². The van der Waals surface area contributed by atoms with E-state index < -0.39 is 11.7 Å². The van der Waals surface area contributed by atoms with E-state index in [1.807, 2.05) is 0 Å². The minimum atomic E-state index is -4.40. The van der Waals surface area contributed by atoms with Gasteiger partial charge in [-0.05, 0) is 31.0 Å². The average molecular weight is 263 g/mol. The number of benzene rings is 1. The Morgan fingerprint density at radius 2 is 2.00 bits per heavy atom. The second kappa shape index (κ2) is 4.22. The molecule has 1 fully saturated rings. The molecule has 1 aromatic rings. The van der Waals surface area contributed by atoms with Gasteiger partial charge in [-0.3, -0.25) is 0 Å². The first kappa shape index (κ1) is 12.2. The number of nitrogens with zero attached hydrogens (tertiary/aromatic N) is 1. The van der Waals surface area contributed by atoms with Crippen LogP contribution < -0.4 is 5.73 Å². The first-order chi connectivity index (χ1) is 7.88. The summed E-state index contributed by atoms with van der Waals surface area (Å²) in [5, 5.41) is 0.168. The second-order valence-electron chi connectivity index (χ2n) is 3.97. The van der Waals surface area contributed by atoms with E-state index >= 15 is 0 Å². The zero-order valence-electron chi connectivity index (χ0n) is 8.76. The topological polar surface area (TPSA) is 38.4 Å². The maximum absolute atomic E-state index is 12.5. The average Bonchev–Trinajstić information content (AvgIpc) is 3.02. The Bertz CT molecular complexity index is 464. The maximum atomic E-state index is 12.5. The number of amidine groups is 1. The lowest BCUT2D eigenvalue weighted by atomic mass is 10.2. The van der Waals surface area contributed by atoms with E-state index in [4.69, 9.17) is 17.3 Å². The molecule has 0 radical (unpaired) electrons. The van der Waals surface area contributed by atoms with E-state index in [0.29, 0.717) is 5.84 Å². The van der Waals surface area contributed by atoms with E-state index in [1.165, 1.54) is 6.07 Å². The van der Waals surface area contributed by atoms with Gasteiger partial charge in [-0.15, -0.1) is 0 Å². The van der Waals surface area contributed by atoms with Gasteiger partial charge in [0, 0.05) is 5.92 Å². The van der Waals surface area contributed by atoms with Gasteiger partial charge in [0.25, 0.3) is 0 Å². The molecule has 1 aromatic carbocycles. The van der Waals surface area contributed by atoms with Crippen LogP contribution in [0.5, 0.6) is 0 Å². The maximum Gasteiger partial charge on any atom is 0.416 e. The van der Waals surface area contributed by atoms with Gasteiger partial charge >= 0.3 is 6.18 Å². The van der Waals surface area contributed by atoms with E-state index in [0.717, 1.165) is 25.0 Å². The number of halogens is 4. The van der Waals surface area contributed by atoms with Crippen molar-refractivity contribution in [2.45, 2.75) is 19.0 Å². The Hall–Kier alpha value is -1.23. The number of rotatable bonds is 2. The number of aliphatic imine (C=N–C) groups is 1. The molecular weight excluding hydrogens is 253 g/mol. The lowest BCUT2D eigenvalue weighted by molar-refractivity contribution is -0.137. The molecule has 0 unspecified atom stereocenters. The van der Waals surface area contributed by atoms with Crippen LogP contribution in [-0.2, 0) is 6.18 Å². The van der Waals surface area contributed by atoms with E-state index in [2.05, 4.69) is 4.99 Å². The number of hydrogen-bond acceptors (Lipinski definition) is 1. The molecule has 0 aromatic heterocycles. The van der Waals surface area contributed by atoms with Gasteiger partial charge in [0.2, 0.25) is 0 Å². The van der Waals surface area contributed by atoms with Crippen LogP contribution in [0, 0.1) is 5.92 Å². The van der Waals surface area contributed by atoms with Crippen LogP contribution in [0.25, 0.3) is 0 Å². The third-order valence-corrected chi connectivity index (χ3v) is 2.84. The summed E-state index contributed by atoms with van der Waals surface area (Å²) in [6.45, 7) is 0. The molecule has 2 rings (SSSR count). The van der Waals surface area contributed by atoms with Crippen molar-refractivity contribution in [1.29, 1.82) is 0 Å². The van der Waals surface area contributed by atoms with Crippen molar-refractivity contribution in [3.63, 3.8) is 0 Å².